The highest BCUT2D eigenvalue weighted by Gasteiger charge is 2.21. The van der Waals surface area contributed by atoms with Gasteiger partial charge in [0, 0.05) is 33.4 Å². The molecule has 0 radical (unpaired) electrons. The number of para-hydroxylation sites is 3. The molecule has 12 aromatic carbocycles. The lowest BCUT2D eigenvalue weighted by Crippen LogP contribution is -2.11. The smallest absolute Gasteiger partial charge is 0.0547 e. The molecule has 72 heavy (non-hydrogen) atoms. The highest BCUT2D eigenvalue weighted by atomic mass is 15.1. The van der Waals surface area contributed by atoms with Crippen LogP contribution in [0.25, 0.3) is 105 Å². The van der Waals surface area contributed by atoms with Gasteiger partial charge < -0.3 is 9.47 Å². The molecule has 1 aromatic heterocycles. The highest BCUT2D eigenvalue weighted by Crippen LogP contribution is 2.46. The monoisotopic (exact) mass is 916 g/mol. The van der Waals surface area contributed by atoms with Crippen LogP contribution in [0.2, 0.25) is 0 Å². The largest absolute Gasteiger partial charge is 0.310 e. The summed E-state index contributed by atoms with van der Waals surface area (Å²) in [5.41, 5.74) is 20.9. The van der Waals surface area contributed by atoms with E-state index in [1.807, 2.05) is 0 Å². The molecule has 0 saturated carbocycles. The topological polar surface area (TPSA) is 8.17 Å². The number of aromatic nitrogens is 1. The van der Waals surface area contributed by atoms with Crippen molar-refractivity contribution in [3.63, 3.8) is 0 Å². The van der Waals surface area contributed by atoms with Gasteiger partial charge in [0.1, 0.15) is 0 Å². The second-order valence-corrected chi connectivity index (χ2v) is 18.4. The van der Waals surface area contributed by atoms with Gasteiger partial charge in [0.2, 0.25) is 0 Å². The normalized spacial score (nSPS) is 11.3. The first-order valence-electron chi connectivity index (χ1n) is 24.7. The second kappa shape index (κ2) is 18.4. The third kappa shape index (κ3) is 7.73. The molecule has 2 nitrogen and oxygen atoms in total. The molecule has 0 aliphatic rings. The first-order chi connectivity index (χ1) is 35.7. The quantitative estimate of drug-likeness (QED) is 0.133. The van der Waals surface area contributed by atoms with E-state index in [4.69, 9.17) is 0 Å². The van der Waals surface area contributed by atoms with Crippen molar-refractivity contribution in [2.75, 3.05) is 4.90 Å². The van der Waals surface area contributed by atoms with Crippen molar-refractivity contribution in [2.45, 2.75) is 0 Å². The lowest BCUT2D eigenvalue weighted by atomic mass is 9.90. The Hall–Kier alpha value is -9.50. The summed E-state index contributed by atoms with van der Waals surface area (Å²) in [6.07, 6.45) is 0. The maximum atomic E-state index is 2.44. The number of fused-ring (bicyclic) bond motifs is 4. The zero-order chi connectivity index (χ0) is 47.8. The molecule has 0 bridgehead atoms. The van der Waals surface area contributed by atoms with E-state index in [-0.39, 0.29) is 0 Å². The summed E-state index contributed by atoms with van der Waals surface area (Å²) in [5.74, 6) is 0. The minimum Gasteiger partial charge on any atom is -0.310 e. The minimum absolute atomic E-state index is 1.07. The Morgan fingerprint density at radius 2 is 0.764 bits per heavy atom. The standard InChI is InChI=1S/C70H48N2/c1-5-20-50(21-6-1)60-44-40-55(47-66(60)52-24-9-3-10-25-52)49-38-42-58(43-39-49)71(67-36-15-14-33-63(67)65-35-19-27-53-26-18-34-61(70(53)65)51-22-7-2-8-23-51)59-31-17-28-54(46-59)56-41-45-64-62-32-13-16-37-68(62)72(69(64)48-56)57-29-11-4-12-30-57/h1-48H. The van der Waals surface area contributed by atoms with E-state index in [1.54, 1.807) is 0 Å². The summed E-state index contributed by atoms with van der Waals surface area (Å²) in [5, 5.41) is 4.92. The fraction of sp³-hybridized carbons (Fsp3) is 0. The van der Waals surface area contributed by atoms with Crippen molar-refractivity contribution in [3.05, 3.63) is 291 Å². The van der Waals surface area contributed by atoms with Crippen LogP contribution in [0.4, 0.5) is 17.1 Å². The van der Waals surface area contributed by atoms with Crippen molar-refractivity contribution in [1.82, 2.24) is 4.57 Å². The van der Waals surface area contributed by atoms with Crippen molar-refractivity contribution >= 4 is 49.6 Å². The Bertz CT molecular complexity index is 4060. The number of hydrogen-bond donors (Lipinski definition) is 0. The van der Waals surface area contributed by atoms with Crippen molar-refractivity contribution < 1.29 is 0 Å². The molecular formula is C70H48N2. The molecule has 0 amide bonds. The first kappa shape index (κ1) is 42.6. The Balaban J connectivity index is 0.979. The molecule has 0 aliphatic carbocycles. The van der Waals surface area contributed by atoms with Crippen molar-refractivity contribution in [3.8, 4) is 72.4 Å². The molecule has 1 heterocycles. The molecule has 2 heteroatoms. The van der Waals surface area contributed by atoms with E-state index >= 15 is 0 Å². The van der Waals surface area contributed by atoms with Gasteiger partial charge in [0.15, 0.2) is 0 Å². The van der Waals surface area contributed by atoms with Gasteiger partial charge in [-0.3, -0.25) is 0 Å². The summed E-state index contributed by atoms with van der Waals surface area (Å²) in [6, 6.07) is 106. The van der Waals surface area contributed by atoms with Gasteiger partial charge in [0.05, 0.1) is 16.7 Å². The Morgan fingerprint density at radius 1 is 0.250 bits per heavy atom. The van der Waals surface area contributed by atoms with E-state index in [9.17, 15) is 0 Å². The van der Waals surface area contributed by atoms with Crippen LogP contribution in [-0.2, 0) is 0 Å². The fourth-order valence-corrected chi connectivity index (χ4v) is 10.8. The SMILES string of the molecule is c1ccc(-c2ccc(-c3ccc(N(c4cccc(-c5ccc6c7ccccc7n(-c7ccccc7)c6c5)c4)c4ccccc4-c4cccc5cccc(-c6ccccc6)c45)cc3)cc2-c2ccccc2)cc1. The van der Waals surface area contributed by atoms with Gasteiger partial charge >= 0.3 is 0 Å². The fourth-order valence-electron chi connectivity index (χ4n) is 10.8. The molecule has 0 spiro atoms. The predicted molar refractivity (Wildman–Crippen MR) is 306 cm³/mol. The number of benzene rings is 12. The Kier molecular flexibility index (Phi) is 10.9. The molecule has 0 fully saturated rings. The zero-order valence-electron chi connectivity index (χ0n) is 39.6. The summed E-state index contributed by atoms with van der Waals surface area (Å²) in [6.45, 7) is 0. The number of hydrogen-bond acceptors (Lipinski definition) is 1. The van der Waals surface area contributed by atoms with Crippen LogP contribution in [0.3, 0.4) is 0 Å². The van der Waals surface area contributed by atoms with Crippen LogP contribution in [-0.4, -0.2) is 4.57 Å². The molecule has 0 unspecified atom stereocenters. The number of nitrogens with zero attached hydrogens (tertiary/aromatic N) is 2. The van der Waals surface area contributed by atoms with Crippen LogP contribution in [0.5, 0.6) is 0 Å². The molecule has 0 atom stereocenters. The maximum absolute atomic E-state index is 2.44. The number of anilines is 3. The lowest BCUT2D eigenvalue weighted by molar-refractivity contribution is 1.18. The van der Waals surface area contributed by atoms with Gasteiger partial charge in [-0.15, -0.1) is 0 Å². The van der Waals surface area contributed by atoms with Gasteiger partial charge in [-0.1, -0.05) is 231 Å². The lowest BCUT2D eigenvalue weighted by Gasteiger charge is -2.29. The molecule has 0 aliphatic heterocycles. The van der Waals surface area contributed by atoms with E-state index in [0.717, 1.165) is 45.0 Å². The second-order valence-electron chi connectivity index (χ2n) is 18.4. The summed E-state index contributed by atoms with van der Waals surface area (Å²) >= 11 is 0. The van der Waals surface area contributed by atoms with E-state index < -0.39 is 0 Å². The van der Waals surface area contributed by atoms with E-state index in [2.05, 4.69) is 301 Å². The minimum atomic E-state index is 1.07. The van der Waals surface area contributed by atoms with Gasteiger partial charge in [-0.05, 0) is 133 Å². The van der Waals surface area contributed by atoms with Crippen LogP contribution in [0, 0.1) is 0 Å². The molecule has 0 saturated heterocycles. The van der Waals surface area contributed by atoms with Crippen LogP contribution < -0.4 is 4.90 Å². The average Bonchev–Trinajstić information content (AvgIpc) is 3.80. The first-order valence-corrected chi connectivity index (χ1v) is 24.7. The summed E-state index contributed by atoms with van der Waals surface area (Å²) < 4.78 is 2.40. The van der Waals surface area contributed by atoms with Crippen molar-refractivity contribution in [1.29, 1.82) is 0 Å². The van der Waals surface area contributed by atoms with E-state index in [1.165, 1.54) is 77.1 Å². The van der Waals surface area contributed by atoms with Crippen molar-refractivity contribution in [2.24, 2.45) is 0 Å². The van der Waals surface area contributed by atoms with Gasteiger partial charge in [-0.25, -0.2) is 0 Å². The van der Waals surface area contributed by atoms with E-state index in [0.29, 0.717) is 0 Å². The average molecular weight is 917 g/mol. The Labute approximate surface area is 420 Å². The molecule has 13 rings (SSSR count). The third-order valence-electron chi connectivity index (χ3n) is 14.2. The molecule has 338 valence electrons. The van der Waals surface area contributed by atoms with Gasteiger partial charge in [0.25, 0.3) is 0 Å². The van der Waals surface area contributed by atoms with Crippen LogP contribution in [0.15, 0.2) is 291 Å². The highest BCUT2D eigenvalue weighted by molar-refractivity contribution is 6.11. The molecule has 0 N–H and O–H groups in total. The zero-order valence-corrected chi connectivity index (χ0v) is 39.6. The third-order valence-corrected chi connectivity index (χ3v) is 14.2. The summed E-state index contributed by atoms with van der Waals surface area (Å²) in [4.78, 5) is 2.44. The summed E-state index contributed by atoms with van der Waals surface area (Å²) in [7, 11) is 0. The van der Waals surface area contributed by atoms with Gasteiger partial charge in [-0.2, -0.15) is 0 Å². The van der Waals surface area contributed by atoms with Crippen LogP contribution >= 0.6 is 0 Å². The molecular weight excluding hydrogens is 869 g/mol. The Morgan fingerprint density at radius 3 is 1.50 bits per heavy atom. The number of rotatable bonds is 10. The van der Waals surface area contributed by atoms with Crippen LogP contribution in [0.1, 0.15) is 0 Å². The molecule has 13 aromatic rings. The predicted octanol–water partition coefficient (Wildman–Crippen LogP) is 19.4. The maximum Gasteiger partial charge on any atom is 0.0547 e.